The molecule has 7 heteroatoms. The van der Waals surface area contributed by atoms with Gasteiger partial charge in [-0.25, -0.2) is 4.68 Å². The number of aromatic nitrogens is 3. The van der Waals surface area contributed by atoms with Crippen LogP contribution < -0.4 is 5.32 Å². The Bertz CT molecular complexity index is 347. The molecule has 1 aromatic rings. The van der Waals surface area contributed by atoms with E-state index in [0.717, 1.165) is 38.2 Å². The van der Waals surface area contributed by atoms with Crippen LogP contribution in [0.4, 0.5) is 0 Å². The average Bonchev–Trinajstić information content (AvgIpc) is 2.94. The van der Waals surface area contributed by atoms with Crippen molar-refractivity contribution >= 4 is 0 Å². The molecule has 0 saturated heterocycles. The molecule has 0 radical (unpaired) electrons. The van der Waals surface area contributed by atoms with Crippen molar-refractivity contribution in [1.82, 2.24) is 20.3 Å². The Morgan fingerprint density at radius 3 is 2.67 bits per heavy atom. The predicted octanol–water partition coefficient (Wildman–Crippen LogP) is 0.500. The van der Waals surface area contributed by atoms with Crippen LogP contribution in [0.15, 0.2) is 6.20 Å². The van der Waals surface area contributed by atoms with Gasteiger partial charge in [0, 0.05) is 20.1 Å². The molecule has 21 heavy (non-hydrogen) atoms. The van der Waals surface area contributed by atoms with Crippen LogP contribution in [-0.2, 0) is 27.2 Å². The van der Waals surface area contributed by atoms with Gasteiger partial charge in [0.05, 0.1) is 51.5 Å². The van der Waals surface area contributed by atoms with Crippen LogP contribution in [0.5, 0.6) is 0 Å². The number of methoxy groups -OCH3 is 1. The third kappa shape index (κ3) is 8.77. The second-order valence-electron chi connectivity index (χ2n) is 4.67. The molecule has 1 aromatic heterocycles. The van der Waals surface area contributed by atoms with E-state index in [4.69, 9.17) is 14.2 Å². The van der Waals surface area contributed by atoms with Crippen LogP contribution in [0.1, 0.15) is 19.0 Å². The van der Waals surface area contributed by atoms with Gasteiger partial charge in [-0.15, -0.1) is 5.10 Å². The van der Waals surface area contributed by atoms with Crippen molar-refractivity contribution < 1.29 is 14.2 Å². The molecular weight excluding hydrogens is 272 g/mol. The summed E-state index contributed by atoms with van der Waals surface area (Å²) in [6.07, 6.45) is 3.74. The van der Waals surface area contributed by atoms with Gasteiger partial charge in [0.1, 0.15) is 0 Å². The quantitative estimate of drug-likeness (QED) is 0.505. The van der Waals surface area contributed by atoms with Crippen LogP contribution >= 0.6 is 0 Å². The second kappa shape index (κ2) is 12.7. The predicted molar refractivity (Wildman–Crippen MR) is 80.4 cm³/mol. The maximum absolute atomic E-state index is 5.53. The Morgan fingerprint density at radius 1 is 1.10 bits per heavy atom. The van der Waals surface area contributed by atoms with Gasteiger partial charge in [0.15, 0.2) is 0 Å². The highest BCUT2D eigenvalue weighted by Gasteiger charge is 2.03. The smallest absolute Gasteiger partial charge is 0.0726 e. The van der Waals surface area contributed by atoms with E-state index in [2.05, 4.69) is 22.6 Å². The lowest BCUT2D eigenvalue weighted by Gasteiger charge is -2.08. The zero-order valence-electron chi connectivity index (χ0n) is 13.2. The number of nitrogens with one attached hydrogen (secondary N) is 1. The van der Waals surface area contributed by atoms with E-state index in [1.54, 1.807) is 13.3 Å². The summed E-state index contributed by atoms with van der Waals surface area (Å²) in [5.74, 6) is 0. The molecule has 0 spiro atoms. The fraction of sp³-hybridized carbons (Fsp3) is 0.857. The van der Waals surface area contributed by atoms with Crippen LogP contribution in [0.2, 0.25) is 0 Å². The number of hydrogen-bond donors (Lipinski definition) is 1. The summed E-state index contributed by atoms with van der Waals surface area (Å²) in [7, 11) is 1.69. The number of nitrogens with zero attached hydrogens (tertiary/aromatic N) is 3. The Morgan fingerprint density at radius 2 is 1.90 bits per heavy atom. The topological polar surface area (TPSA) is 70.4 Å². The Labute approximate surface area is 126 Å². The first-order chi connectivity index (χ1) is 10.4. The minimum absolute atomic E-state index is 0.607. The highest BCUT2D eigenvalue weighted by molar-refractivity contribution is 4.93. The fourth-order valence-electron chi connectivity index (χ4n) is 1.79. The summed E-state index contributed by atoms with van der Waals surface area (Å²) in [4.78, 5) is 0. The van der Waals surface area contributed by atoms with E-state index in [9.17, 15) is 0 Å². The minimum atomic E-state index is 0.607. The monoisotopic (exact) mass is 300 g/mol. The third-order valence-electron chi connectivity index (χ3n) is 2.93. The summed E-state index contributed by atoms with van der Waals surface area (Å²) in [5.41, 5.74) is 1.07. The Hall–Kier alpha value is -1.02. The summed E-state index contributed by atoms with van der Waals surface area (Å²) < 4.78 is 17.9. The van der Waals surface area contributed by atoms with Crippen molar-refractivity contribution in [3.63, 3.8) is 0 Å². The van der Waals surface area contributed by atoms with Crippen LogP contribution in [-0.4, -0.2) is 68.2 Å². The van der Waals surface area contributed by atoms with Gasteiger partial charge in [-0.3, -0.25) is 0 Å². The van der Waals surface area contributed by atoms with Gasteiger partial charge < -0.3 is 19.5 Å². The number of hydrogen-bond acceptors (Lipinski definition) is 6. The van der Waals surface area contributed by atoms with Crippen molar-refractivity contribution in [2.45, 2.75) is 26.3 Å². The number of rotatable bonds is 14. The summed E-state index contributed by atoms with van der Waals surface area (Å²) >= 11 is 0. The summed E-state index contributed by atoms with van der Waals surface area (Å²) in [6, 6.07) is 0. The molecule has 0 aliphatic carbocycles. The van der Waals surface area contributed by atoms with E-state index in [0.29, 0.717) is 33.0 Å². The van der Waals surface area contributed by atoms with Crippen molar-refractivity contribution in [3.05, 3.63) is 11.9 Å². The number of ether oxygens (including phenoxy) is 3. The largest absolute Gasteiger partial charge is 0.384 e. The van der Waals surface area contributed by atoms with E-state index >= 15 is 0 Å². The minimum Gasteiger partial charge on any atom is -0.384 e. The van der Waals surface area contributed by atoms with Crippen molar-refractivity contribution in [2.24, 2.45) is 0 Å². The Balaban J connectivity index is 1.95. The second-order valence-corrected chi connectivity index (χ2v) is 4.67. The maximum atomic E-state index is 5.53. The lowest BCUT2D eigenvalue weighted by molar-refractivity contribution is 0.0446. The van der Waals surface area contributed by atoms with Gasteiger partial charge in [0.25, 0.3) is 0 Å². The lowest BCUT2D eigenvalue weighted by atomic mass is 10.3. The molecule has 0 bridgehead atoms. The molecule has 0 fully saturated rings. The lowest BCUT2D eigenvalue weighted by Crippen LogP contribution is -2.21. The molecule has 1 N–H and O–H groups in total. The van der Waals surface area contributed by atoms with Crippen LogP contribution in [0.25, 0.3) is 0 Å². The van der Waals surface area contributed by atoms with E-state index in [-0.39, 0.29) is 0 Å². The van der Waals surface area contributed by atoms with E-state index < -0.39 is 0 Å². The molecule has 0 aliphatic rings. The SMILES string of the molecule is CCCNCCOCCOCCn1nncc1CCOC. The van der Waals surface area contributed by atoms with Crippen molar-refractivity contribution in [1.29, 1.82) is 0 Å². The summed E-state index contributed by atoms with van der Waals surface area (Å²) in [6.45, 7) is 8.05. The zero-order chi connectivity index (χ0) is 15.2. The van der Waals surface area contributed by atoms with Crippen LogP contribution in [0, 0.1) is 0 Å². The first-order valence-corrected chi connectivity index (χ1v) is 7.61. The first kappa shape index (κ1) is 18.0. The van der Waals surface area contributed by atoms with Gasteiger partial charge in [-0.05, 0) is 13.0 Å². The molecule has 1 rings (SSSR count). The standard InChI is InChI=1S/C14H28N4O3/c1-3-5-15-6-9-20-11-12-21-10-7-18-14(4-8-19-2)13-16-17-18/h13,15H,3-12H2,1-2H3. The molecule has 0 saturated carbocycles. The zero-order valence-corrected chi connectivity index (χ0v) is 13.2. The van der Waals surface area contributed by atoms with Gasteiger partial charge in [-0.1, -0.05) is 12.1 Å². The molecule has 0 aromatic carbocycles. The molecule has 1 heterocycles. The Kier molecular flexibility index (Phi) is 10.9. The van der Waals surface area contributed by atoms with Gasteiger partial charge in [-0.2, -0.15) is 0 Å². The molecule has 0 unspecified atom stereocenters. The molecule has 0 aliphatic heterocycles. The van der Waals surface area contributed by atoms with Gasteiger partial charge >= 0.3 is 0 Å². The van der Waals surface area contributed by atoms with E-state index in [1.807, 2.05) is 4.68 Å². The van der Waals surface area contributed by atoms with Crippen LogP contribution in [0.3, 0.4) is 0 Å². The molecular formula is C14H28N4O3. The molecule has 122 valence electrons. The normalized spacial score (nSPS) is 11.1. The van der Waals surface area contributed by atoms with Gasteiger partial charge in [0.2, 0.25) is 0 Å². The molecule has 0 atom stereocenters. The fourth-order valence-corrected chi connectivity index (χ4v) is 1.79. The maximum Gasteiger partial charge on any atom is 0.0726 e. The van der Waals surface area contributed by atoms with Crippen molar-refractivity contribution in [2.75, 3.05) is 53.2 Å². The van der Waals surface area contributed by atoms with E-state index in [1.165, 1.54) is 0 Å². The average molecular weight is 300 g/mol. The van der Waals surface area contributed by atoms with Crippen molar-refractivity contribution in [3.8, 4) is 0 Å². The summed E-state index contributed by atoms with van der Waals surface area (Å²) in [5, 5.41) is 11.2. The highest BCUT2D eigenvalue weighted by atomic mass is 16.5. The molecule has 0 amide bonds. The highest BCUT2D eigenvalue weighted by Crippen LogP contribution is 1.98. The first-order valence-electron chi connectivity index (χ1n) is 7.61. The third-order valence-corrected chi connectivity index (χ3v) is 2.93. The molecule has 7 nitrogen and oxygen atoms in total.